The van der Waals surface area contributed by atoms with E-state index in [-0.39, 0.29) is 5.92 Å². The maximum absolute atomic E-state index is 3.70. The molecule has 248 valence electrons. The van der Waals surface area contributed by atoms with Gasteiger partial charge in [-0.05, 0) is 19.8 Å². The molecule has 8 aromatic rings. The van der Waals surface area contributed by atoms with Crippen LogP contribution in [-0.4, -0.2) is 3.21 Å². The van der Waals surface area contributed by atoms with E-state index in [1.165, 1.54) is 99.1 Å². The van der Waals surface area contributed by atoms with Gasteiger partial charge < -0.3 is 0 Å². The summed E-state index contributed by atoms with van der Waals surface area (Å²) in [6.07, 6.45) is 6.02. The van der Waals surface area contributed by atoms with Gasteiger partial charge in [0.15, 0.2) is 0 Å². The summed E-state index contributed by atoms with van der Waals surface area (Å²) in [4.78, 5) is 0. The zero-order valence-corrected chi connectivity index (χ0v) is 32.1. The van der Waals surface area contributed by atoms with Gasteiger partial charge in [0.25, 0.3) is 0 Å². The van der Waals surface area contributed by atoms with E-state index in [0.29, 0.717) is 0 Å². The number of allylic oxidation sites excluding steroid dienone is 4. The summed E-state index contributed by atoms with van der Waals surface area (Å²) >= 11 is 1.46. The first kappa shape index (κ1) is 35.1. The van der Waals surface area contributed by atoms with Gasteiger partial charge in [0.1, 0.15) is 0 Å². The zero-order valence-electron chi connectivity index (χ0n) is 29.6. The van der Waals surface area contributed by atoms with Gasteiger partial charge in [-0.15, -0.1) is 69.1 Å². The molecule has 1 unspecified atom stereocenters. The normalized spacial score (nSPS) is 13.3. The number of hydrogen-bond donors (Lipinski definition) is 0. The first-order valence-corrected chi connectivity index (χ1v) is 19.0. The van der Waals surface area contributed by atoms with Gasteiger partial charge in [-0.2, -0.15) is 11.6 Å². The van der Waals surface area contributed by atoms with E-state index < -0.39 is 0 Å². The van der Waals surface area contributed by atoms with Crippen molar-refractivity contribution in [3.05, 3.63) is 245 Å². The molecular weight excluding hydrogens is 704 g/mol. The molecule has 0 bridgehead atoms. The Morgan fingerprint density at radius 2 is 0.923 bits per heavy atom. The molecule has 1 aliphatic carbocycles. The van der Waals surface area contributed by atoms with E-state index in [0.717, 1.165) is 0 Å². The molecule has 0 N–H and O–H groups in total. The molecule has 52 heavy (non-hydrogen) atoms. The van der Waals surface area contributed by atoms with Gasteiger partial charge in [0, 0.05) is 0 Å². The van der Waals surface area contributed by atoms with Crippen LogP contribution in [0.1, 0.15) is 44.9 Å². The second kappa shape index (κ2) is 16.8. The molecular formula is C51H40Zr. The molecule has 8 aromatic carbocycles. The van der Waals surface area contributed by atoms with Gasteiger partial charge in [0.05, 0.1) is 0 Å². The fraction of sp³-hybridized carbons (Fsp3) is 0.0588. The fourth-order valence-electron chi connectivity index (χ4n) is 6.70. The van der Waals surface area contributed by atoms with Crippen LogP contribution in [0.5, 0.6) is 0 Å². The van der Waals surface area contributed by atoms with Crippen LogP contribution in [0.15, 0.2) is 200 Å². The Hall–Kier alpha value is -5.36. The van der Waals surface area contributed by atoms with E-state index in [4.69, 9.17) is 0 Å². The molecule has 1 aliphatic rings. The molecule has 0 spiro atoms. The Labute approximate surface area is 323 Å². The predicted molar refractivity (Wildman–Crippen MR) is 219 cm³/mol. The number of aryl methyl sites for hydroxylation is 2. The van der Waals surface area contributed by atoms with Crippen LogP contribution in [0.2, 0.25) is 0 Å². The summed E-state index contributed by atoms with van der Waals surface area (Å²) in [5.41, 5.74) is 11.5. The van der Waals surface area contributed by atoms with E-state index >= 15 is 0 Å². The van der Waals surface area contributed by atoms with Crippen molar-refractivity contribution in [1.29, 1.82) is 0 Å². The Kier molecular flexibility index (Phi) is 11.3. The number of benzene rings is 7. The SMILES string of the molecule is Cc1ccc2c(c1)[cH-]c1cc(C)ccc12.[C-]1=C(c2ccccc2)C(c2ccccc2)=CC1c1ccccc1.[Zr+2]=[C](c1ccccc1)c1ccccc1. The van der Waals surface area contributed by atoms with Crippen LogP contribution in [0.4, 0.5) is 0 Å². The Bertz CT molecular complexity index is 2300. The number of fused-ring (bicyclic) bond motifs is 3. The molecule has 9 rings (SSSR count). The van der Waals surface area contributed by atoms with Crippen molar-refractivity contribution in [3.63, 3.8) is 0 Å². The fourth-order valence-corrected chi connectivity index (χ4v) is 7.52. The molecule has 0 amide bonds. The van der Waals surface area contributed by atoms with Crippen LogP contribution in [0.3, 0.4) is 0 Å². The zero-order chi connectivity index (χ0) is 35.7. The second-order valence-corrected chi connectivity index (χ2v) is 14.4. The van der Waals surface area contributed by atoms with E-state index in [2.05, 4.69) is 220 Å². The number of rotatable bonds is 5. The molecule has 0 aliphatic heterocycles. The minimum absolute atomic E-state index is 0.210. The topological polar surface area (TPSA) is 0 Å². The molecule has 0 saturated heterocycles. The van der Waals surface area contributed by atoms with Crippen LogP contribution in [-0.2, 0) is 24.2 Å². The third-order valence-corrected chi connectivity index (χ3v) is 10.8. The van der Waals surface area contributed by atoms with Crippen molar-refractivity contribution in [2.24, 2.45) is 0 Å². The minimum atomic E-state index is 0.210. The number of hydrogen-bond acceptors (Lipinski definition) is 0. The van der Waals surface area contributed by atoms with Crippen LogP contribution >= 0.6 is 0 Å². The summed E-state index contributed by atoms with van der Waals surface area (Å²) in [5, 5.41) is 5.46. The molecule has 0 saturated carbocycles. The van der Waals surface area contributed by atoms with Crippen molar-refractivity contribution in [2.75, 3.05) is 0 Å². The van der Waals surface area contributed by atoms with Gasteiger partial charge in [-0.25, -0.2) is 0 Å². The van der Waals surface area contributed by atoms with Crippen molar-refractivity contribution in [2.45, 2.75) is 19.8 Å². The van der Waals surface area contributed by atoms with E-state index in [1.807, 2.05) is 0 Å². The van der Waals surface area contributed by atoms with E-state index in [1.54, 1.807) is 0 Å². The van der Waals surface area contributed by atoms with Gasteiger partial charge in [-0.3, -0.25) is 0 Å². The van der Waals surface area contributed by atoms with E-state index in [9.17, 15) is 0 Å². The van der Waals surface area contributed by atoms with Gasteiger partial charge in [-0.1, -0.05) is 125 Å². The molecule has 1 heteroatoms. The summed E-state index contributed by atoms with van der Waals surface area (Å²) in [7, 11) is 0. The van der Waals surface area contributed by atoms with Crippen molar-refractivity contribution in [1.82, 2.24) is 0 Å². The maximum atomic E-state index is 3.70. The molecule has 1 atom stereocenters. The first-order chi connectivity index (χ1) is 25.5. The van der Waals surface area contributed by atoms with Crippen molar-refractivity contribution in [3.8, 4) is 0 Å². The standard InChI is InChI=1S/C23H17.C15H13.C13H10.Zr/c1-4-10-18(11-5-1)21-16-22(19-12-6-2-7-13-19)23(17-21)20-14-8-3-9-15-20;1-10-3-5-14-12(7-10)9-13-8-11(2)4-6-15(13)14;1-3-7-12(8-4-1)11-13-9-5-2-6-10-13;/h1-16,21H;3-9H,1-2H3;1-10H;/q2*-1;;+2. The Morgan fingerprint density at radius 3 is 1.40 bits per heavy atom. The summed E-state index contributed by atoms with van der Waals surface area (Å²) in [6, 6.07) is 68.4. The average Bonchev–Trinajstić information content (AvgIpc) is 3.81. The summed E-state index contributed by atoms with van der Waals surface area (Å²) < 4.78 is 1.42. The van der Waals surface area contributed by atoms with Gasteiger partial charge in [0.2, 0.25) is 0 Å². The predicted octanol–water partition coefficient (Wildman–Crippen LogP) is 12.9. The summed E-state index contributed by atoms with van der Waals surface area (Å²) in [6.45, 7) is 4.28. The third-order valence-electron chi connectivity index (χ3n) is 9.35. The molecule has 0 aromatic heterocycles. The molecule has 0 fully saturated rings. The van der Waals surface area contributed by atoms with Crippen molar-refractivity contribution >= 4 is 35.9 Å². The van der Waals surface area contributed by atoms with Crippen molar-refractivity contribution < 1.29 is 24.2 Å². The molecule has 0 nitrogen and oxygen atoms in total. The monoisotopic (exact) mass is 742 g/mol. The van der Waals surface area contributed by atoms with Crippen LogP contribution in [0.25, 0.3) is 32.7 Å². The third kappa shape index (κ3) is 8.39. The Balaban J connectivity index is 0.000000127. The van der Waals surface area contributed by atoms with Crippen LogP contribution in [0, 0.1) is 19.9 Å². The summed E-state index contributed by atoms with van der Waals surface area (Å²) in [5.74, 6) is 0.210. The quantitative estimate of drug-likeness (QED) is 0.154. The first-order valence-electron chi connectivity index (χ1n) is 17.8. The average molecular weight is 744 g/mol. The second-order valence-electron chi connectivity index (χ2n) is 13.2. The molecule has 0 radical (unpaired) electrons. The van der Waals surface area contributed by atoms with Gasteiger partial charge >= 0.3 is 99.2 Å². The Morgan fingerprint density at radius 1 is 0.500 bits per heavy atom. The van der Waals surface area contributed by atoms with Crippen LogP contribution < -0.4 is 0 Å². The molecule has 0 heterocycles.